The topological polar surface area (TPSA) is 60.0 Å². The Labute approximate surface area is 122 Å². The molecular weight excluding hydrogens is 250 g/mol. The molecule has 2 N–H and O–H groups in total. The highest BCUT2D eigenvalue weighted by atomic mass is 15.4. The highest BCUT2D eigenvalue weighted by molar-refractivity contribution is 4.97. The quantitative estimate of drug-likeness (QED) is 0.868. The molecule has 0 unspecified atom stereocenters. The van der Waals surface area contributed by atoms with Gasteiger partial charge in [-0.3, -0.25) is 4.90 Å². The van der Waals surface area contributed by atoms with Gasteiger partial charge in [0, 0.05) is 18.1 Å². The van der Waals surface area contributed by atoms with Gasteiger partial charge in [-0.15, -0.1) is 0 Å². The van der Waals surface area contributed by atoms with Crippen LogP contribution in [0.15, 0.2) is 6.33 Å². The van der Waals surface area contributed by atoms with Crippen molar-refractivity contribution < 1.29 is 0 Å². The molecule has 0 bridgehead atoms. The molecule has 20 heavy (non-hydrogen) atoms. The Morgan fingerprint density at radius 3 is 2.60 bits per heavy atom. The van der Waals surface area contributed by atoms with Crippen LogP contribution in [0.2, 0.25) is 0 Å². The summed E-state index contributed by atoms with van der Waals surface area (Å²) in [7, 11) is 0. The predicted octanol–water partition coefficient (Wildman–Crippen LogP) is 2.34. The van der Waals surface area contributed by atoms with Crippen LogP contribution >= 0.6 is 0 Å². The van der Waals surface area contributed by atoms with E-state index in [1.807, 2.05) is 4.68 Å². The van der Waals surface area contributed by atoms with E-state index < -0.39 is 0 Å². The molecule has 5 heteroatoms. The third-order valence-electron chi connectivity index (χ3n) is 4.69. The minimum absolute atomic E-state index is 0.167. The molecule has 1 aromatic heterocycles. The van der Waals surface area contributed by atoms with Crippen LogP contribution in [-0.2, 0) is 6.54 Å². The van der Waals surface area contributed by atoms with Crippen molar-refractivity contribution in [1.82, 2.24) is 19.7 Å². The minimum Gasteiger partial charge on any atom is -0.329 e. The van der Waals surface area contributed by atoms with Gasteiger partial charge < -0.3 is 5.73 Å². The fraction of sp³-hybridized carbons (Fsp3) is 0.867. The highest BCUT2D eigenvalue weighted by Crippen LogP contribution is 2.33. The van der Waals surface area contributed by atoms with Gasteiger partial charge in [-0.05, 0) is 33.2 Å². The molecule has 1 aliphatic carbocycles. The molecule has 1 aliphatic rings. The van der Waals surface area contributed by atoms with Crippen molar-refractivity contribution in [2.75, 3.05) is 13.1 Å². The van der Waals surface area contributed by atoms with Gasteiger partial charge in [-0.25, -0.2) is 9.67 Å². The molecule has 1 aromatic rings. The lowest BCUT2D eigenvalue weighted by atomic mass is 9.80. The van der Waals surface area contributed by atoms with Crippen LogP contribution in [0.3, 0.4) is 0 Å². The SMILES string of the molecule is CCN(Cc1ncnn1C(C)C)C1(CN)CCCCC1. The van der Waals surface area contributed by atoms with E-state index in [0.717, 1.165) is 25.5 Å². The average molecular weight is 279 g/mol. The van der Waals surface area contributed by atoms with Gasteiger partial charge >= 0.3 is 0 Å². The lowest BCUT2D eigenvalue weighted by molar-refractivity contribution is 0.0508. The molecule has 1 saturated carbocycles. The smallest absolute Gasteiger partial charge is 0.141 e. The predicted molar refractivity (Wildman–Crippen MR) is 81.4 cm³/mol. The normalized spacial score (nSPS) is 18.9. The Hall–Kier alpha value is -0.940. The van der Waals surface area contributed by atoms with Crippen LogP contribution < -0.4 is 5.73 Å². The van der Waals surface area contributed by atoms with E-state index in [-0.39, 0.29) is 5.54 Å². The number of aromatic nitrogens is 3. The van der Waals surface area contributed by atoms with Crippen molar-refractivity contribution in [3.05, 3.63) is 12.2 Å². The molecule has 2 rings (SSSR count). The Morgan fingerprint density at radius 2 is 2.05 bits per heavy atom. The summed E-state index contributed by atoms with van der Waals surface area (Å²) in [5, 5.41) is 4.34. The zero-order valence-corrected chi connectivity index (χ0v) is 13.2. The summed E-state index contributed by atoms with van der Waals surface area (Å²) < 4.78 is 2.02. The average Bonchev–Trinajstić information content (AvgIpc) is 2.94. The second-order valence-electron chi connectivity index (χ2n) is 6.22. The summed E-state index contributed by atoms with van der Waals surface area (Å²) in [6.07, 6.45) is 8.04. The van der Waals surface area contributed by atoms with E-state index in [1.54, 1.807) is 6.33 Å². The molecule has 1 fully saturated rings. The van der Waals surface area contributed by atoms with Crippen molar-refractivity contribution in [3.8, 4) is 0 Å². The van der Waals surface area contributed by atoms with E-state index in [9.17, 15) is 0 Å². The first-order valence-corrected chi connectivity index (χ1v) is 7.96. The van der Waals surface area contributed by atoms with Crippen molar-refractivity contribution in [2.45, 2.75) is 71.0 Å². The molecule has 0 saturated heterocycles. The number of hydrogen-bond acceptors (Lipinski definition) is 4. The van der Waals surface area contributed by atoms with Crippen molar-refractivity contribution >= 4 is 0 Å². The Bertz CT molecular complexity index is 406. The van der Waals surface area contributed by atoms with Gasteiger partial charge in [0.1, 0.15) is 12.2 Å². The van der Waals surface area contributed by atoms with E-state index in [1.165, 1.54) is 32.1 Å². The summed E-state index contributed by atoms with van der Waals surface area (Å²) in [6.45, 7) is 9.13. The number of nitrogens with zero attached hydrogens (tertiary/aromatic N) is 4. The second kappa shape index (κ2) is 6.68. The summed E-state index contributed by atoms with van der Waals surface area (Å²) >= 11 is 0. The third kappa shape index (κ3) is 3.04. The maximum Gasteiger partial charge on any atom is 0.141 e. The molecule has 5 nitrogen and oxygen atoms in total. The van der Waals surface area contributed by atoms with E-state index in [2.05, 4.69) is 35.8 Å². The molecular formula is C15H29N5. The molecule has 0 aromatic carbocycles. The van der Waals surface area contributed by atoms with Crippen LogP contribution in [0.1, 0.15) is 64.7 Å². The van der Waals surface area contributed by atoms with Crippen LogP contribution in [0, 0.1) is 0 Å². The number of likely N-dealkylation sites (N-methyl/N-ethyl adjacent to an activating group) is 1. The van der Waals surface area contributed by atoms with Crippen LogP contribution in [-0.4, -0.2) is 38.3 Å². The van der Waals surface area contributed by atoms with Crippen LogP contribution in [0.5, 0.6) is 0 Å². The first kappa shape index (κ1) is 15.4. The van der Waals surface area contributed by atoms with Gasteiger partial charge in [0.25, 0.3) is 0 Å². The molecule has 0 spiro atoms. The van der Waals surface area contributed by atoms with Gasteiger partial charge in [-0.1, -0.05) is 26.2 Å². The summed E-state index contributed by atoms with van der Waals surface area (Å²) in [5.74, 6) is 1.06. The van der Waals surface area contributed by atoms with Crippen molar-refractivity contribution in [1.29, 1.82) is 0 Å². The van der Waals surface area contributed by atoms with Gasteiger partial charge in [-0.2, -0.15) is 5.10 Å². The zero-order valence-electron chi connectivity index (χ0n) is 13.2. The molecule has 1 heterocycles. The number of nitrogens with two attached hydrogens (primary N) is 1. The number of hydrogen-bond donors (Lipinski definition) is 1. The zero-order chi connectivity index (χ0) is 14.6. The first-order chi connectivity index (χ1) is 9.63. The molecule has 0 aliphatic heterocycles. The summed E-state index contributed by atoms with van der Waals surface area (Å²) in [6, 6.07) is 0.353. The standard InChI is InChI=1S/C15H29N5/c1-4-19(15(11-16)8-6-5-7-9-15)10-14-17-12-18-20(14)13(2)3/h12-13H,4-11,16H2,1-3H3. The van der Waals surface area contributed by atoms with E-state index >= 15 is 0 Å². The summed E-state index contributed by atoms with van der Waals surface area (Å²) in [5.41, 5.74) is 6.32. The monoisotopic (exact) mass is 279 g/mol. The fourth-order valence-corrected chi connectivity index (χ4v) is 3.46. The fourth-order valence-electron chi connectivity index (χ4n) is 3.46. The van der Waals surface area contributed by atoms with Crippen molar-refractivity contribution in [2.24, 2.45) is 5.73 Å². The van der Waals surface area contributed by atoms with E-state index in [0.29, 0.717) is 6.04 Å². The van der Waals surface area contributed by atoms with Crippen LogP contribution in [0.25, 0.3) is 0 Å². The molecule has 0 atom stereocenters. The lowest BCUT2D eigenvalue weighted by Gasteiger charge is -2.45. The molecule has 0 radical (unpaired) electrons. The van der Waals surface area contributed by atoms with Gasteiger partial charge in [0.05, 0.1) is 6.54 Å². The lowest BCUT2D eigenvalue weighted by Crippen LogP contribution is -2.54. The van der Waals surface area contributed by atoms with Crippen molar-refractivity contribution in [3.63, 3.8) is 0 Å². The Kier molecular flexibility index (Phi) is 5.16. The second-order valence-corrected chi connectivity index (χ2v) is 6.22. The largest absolute Gasteiger partial charge is 0.329 e. The number of rotatable bonds is 6. The Balaban J connectivity index is 2.17. The summed E-state index contributed by atoms with van der Waals surface area (Å²) in [4.78, 5) is 6.98. The maximum absolute atomic E-state index is 6.16. The highest BCUT2D eigenvalue weighted by Gasteiger charge is 2.36. The van der Waals surface area contributed by atoms with Gasteiger partial charge in [0.2, 0.25) is 0 Å². The molecule has 114 valence electrons. The molecule has 0 amide bonds. The van der Waals surface area contributed by atoms with Gasteiger partial charge in [0.15, 0.2) is 0 Å². The third-order valence-corrected chi connectivity index (χ3v) is 4.69. The first-order valence-electron chi connectivity index (χ1n) is 7.96. The van der Waals surface area contributed by atoms with Crippen LogP contribution in [0.4, 0.5) is 0 Å². The maximum atomic E-state index is 6.16. The Morgan fingerprint density at radius 1 is 1.35 bits per heavy atom. The van der Waals surface area contributed by atoms with E-state index in [4.69, 9.17) is 5.73 Å². The minimum atomic E-state index is 0.167.